The van der Waals surface area contributed by atoms with Gasteiger partial charge in [0.15, 0.2) is 0 Å². The third-order valence-corrected chi connectivity index (χ3v) is 6.28. The fourth-order valence-corrected chi connectivity index (χ4v) is 3.28. The zero-order valence-corrected chi connectivity index (χ0v) is 11.7. The molecule has 0 saturated heterocycles. The Balaban J connectivity index is 2.65. The Bertz CT molecular complexity index is 743. The number of benzene rings is 2. The lowest BCUT2D eigenvalue weighted by Gasteiger charge is -2.25. The molecule has 1 atom stereocenters. The van der Waals surface area contributed by atoms with Crippen LogP contribution >= 0.6 is 0 Å². The predicted octanol–water partition coefficient (Wildman–Crippen LogP) is 2.78. The molecule has 0 spiro atoms. The highest BCUT2D eigenvalue weighted by atomic mass is 32.2. The van der Waals surface area contributed by atoms with Gasteiger partial charge in [-0.3, -0.25) is 9.00 Å². The van der Waals surface area contributed by atoms with Crippen LogP contribution in [0.4, 0.5) is 0 Å². The summed E-state index contributed by atoms with van der Waals surface area (Å²) in [7, 11) is -2.93. The van der Waals surface area contributed by atoms with Crippen molar-refractivity contribution in [3.63, 3.8) is 0 Å². The van der Waals surface area contributed by atoms with Crippen LogP contribution in [-0.4, -0.2) is 25.9 Å². The first kappa shape index (κ1) is 13.6. The number of carboxylic acids is 1. The molecule has 0 amide bonds. The quantitative estimate of drug-likeness (QED) is 0.877. The molecule has 0 radical (unpaired) electrons. The minimum Gasteiger partial charge on any atom is -0.480 e. The zero-order valence-electron chi connectivity index (χ0n) is 10.9. The summed E-state index contributed by atoms with van der Waals surface area (Å²) in [6.07, 6.45) is 0. The molecule has 0 heterocycles. The van der Waals surface area contributed by atoms with E-state index < -0.39 is 20.2 Å². The maximum atomic E-state index is 12.8. The number of hydrogen-bond donors (Lipinski definition) is 1. The van der Waals surface area contributed by atoms with Gasteiger partial charge in [-0.05, 0) is 42.6 Å². The highest BCUT2D eigenvalue weighted by Gasteiger charge is 2.37. The second kappa shape index (κ2) is 4.38. The molecule has 2 rings (SSSR count). The smallest absolute Gasteiger partial charge is 0.321 e. The second-order valence-electron chi connectivity index (χ2n) is 5.00. The van der Waals surface area contributed by atoms with Crippen LogP contribution in [0.5, 0.6) is 0 Å². The Morgan fingerprint density at radius 1 is 1.16 bits per heavy atom. The van der Waals surface area contributed by atoms with E-state index in [1.54, 1.807) is 12.1 Å². The average Bonchev–Trinajstić information content (AvgIpc) is 2.37. The Kier molecular flexibility index (Phi) is 3.14. The van der Waals surface area contributed by atoms with Gasteiger partial charge in [-0.1, -0.05) is 30.3 Å². The van der Waals surface area contributed by atoms with Gasteiger partial charge in [0, 0.05) is 14.4 Å². The second-order valence-corrected chi connectivity index (χ2v) is 7.84. The molecule has 0 aliphatic heterocycles. The molecule has 1 unspecified atom stereocenters. The molecule has 0 aromatic heterocycles. The van der Waals surface area contributed by atoms with Crippen LogP contribution in [0.1, 0.15) is 13.8 Å². The van der Waals surface area contributed by atoms with Crippen molar-refractivity contribution in [2.75, 3.05) is 0 Å². The van der Waals surface area contributed by atoms with Crippen LogP contribution in [0.15, 0.2) is 47.4 Å². The molecule has 0 saturated carbocycles. The molecule has 0 aliphatic carbocycles. The first-order valence-electron chi connectivity index (χ1n) is 5.86. The van der Waals surface area contributed by atoms with E-state index in [4.69, 9.17) is 0 Å². The van der Waals surface area contributed by atoms with Crippen molar-refractivity contribution in [2.45, 2.75) is 23.5 Å². The molecule has 2 aromatic rings. The van der Waals surface area contributed by atoms with E-state index in [9.17, 15) is 14.1 Å². The third-order valence-electron chi connectivity index (χ3n) is 3.44. The van der Waals surface area contributed by atoms with Crippen LogP contribution in [0, 0.1) is 0 Å². The topological polar surface area (TPSA) is 54.4 Å². The van der Waals surface area contributed by atoms with Crippen molar-refractivity contribution in [3.8, 4) is 0 Å². The van der Waals surface area contributed by atoms with Gasteiger partial charge in [0.25, 0.3) is 0 Å². The summed E-state index contributed by atoms with van der Waals surface area (Å²) in [6, 6.07) is 13.0. The minimum absolute atomic E-state index is 0.471. The highest BCUT2D eigenvalue weighted by Crippen LogP contribution is 2.28. The average molecular weight is 276 g/mol. The minimum atomic E-state index is -2.93. The van der Waals surface area contributed by atoms with E-state index >= 15 is 0 Å². The number of carbonyl (C=O) groups is 1. The summed E-state index contributed by atoms with van der Waals surface area (Å²) in [6.45, 7) is 2.89. The van der Waals surface area contributed by atoms with Crippen molar-refractivity contribution < 1.29 is 14.1 Å². The SMILES string of the molecule is C=S(=O)(c1ccc2ccccc2c1)C(C)(C)C(=O)O. The molecule has 3 nitrogen and oxygen atoms in total. The summed E-state index contributed by atoms with van der Waals surface area (Å²) in [5.41, 5.74) is 0. The van der Waals surface area contributed by atoms with Gasteiger partial charge in [0.05, 0.1) is 0 Å². The Hall–Kier alpha value is -1.81. The molecule has 0 bridgehead atoms. The lowest BCUT2D eigenvalue weighted by atomic mass is 10.1. The summed E-state index contributed by atoms with van der Waals surface area (Å²) in [5.74, 6) is 2.58. The van der Waals surface area contributed by atoms with E-state index in [0.717, 1.165) is 10.8 Å². The van der Waals surface area contributed by atoms with E-state index in [-0.39, 0.29) is 0 Å². The first-order valence-corrected chi connectivity index (χ1v) is 7.58. The van der Waals surface area contributed by atoms with Crippen LogP contribution < -0.4 is 0 Å². The van der Waals surface area contributed by atoms with Crippen LogP contribution in [0.2, 0.25) is 0 Å². The Morgan fingerprint density at radius 3 is 2.32 bits per heavy atom. The number of aliphatic carboxylic acids is 1. The third kappa shape index (κ3) is 2.12. The van der Waals surface area contributed by atoms with Gasteiger partial charge in [-0.25, -0.2) is 0 Å². The number of fused-ring (bicyclic) bond motifs is 1. The van der Waals surface area contributed by atoms with Crippen LogP contribution in [0.25, 0.3) is 10.8 Å². The molecule has 0 fully saturated rings. The molecular weight excluding hydrogens is 260 g/mol. The fourth-order valence-electron chi connectivity index (χ4n) is 1.81. The van der Waals surface area contributed by atoms with Gasteiger partial charge in [0.1, 0.15) is 4.75 Å². The monoisotopic (exact) mass is 276 g/mol. The molecule has 2 aromatic carbocycles. The summed E-state index contributed by atoms with van der Waals surface area (Å²) >= 11 is 0. The molecule has 19 heavy (non-hydrogen) atoms. The van der Waals surface area contributed by atoms with Gasteiger partial charge in [0.2, 0.25) is 0 Å². The predicted molar refractivity (Wildman–Crippen MR) is 79.2 cm³/mol. The lowest BCUT2D eigenvalue weighted by Crippen LogP contribution is -2.40. The Morgan fingerprint density at radius 2 is 1.74 bits per heavy atom. The summed E-state index contributed by atoms with van der Waals surface area (Å²) in [4.78, 5) is 11.8. The normalized spacial score (nSPS) is 15.1. The molecule has 0 aliphatic rings. The molecule has 1 N–H and O–H groups in total. The zero-order chi connectivity index (χ0) is 14.3. The summed E-state index contributed by atoms with van der Waals surface area (Å²) in [5, 5.41) is 11.2. The highest BCUT2D eigenvalue weighted by molar-refractivity contribution is 8.02. The fraction of sp³-hybridized carbons (Fsp3) is 0.200. The number of rotatable bonds is 3. The summed E-state index contributed by atoms with van der Waals surface area (Å²) < 4.78 is 11.4. The number of hydrogen-bond acceptors (Lipinski definition) is 2. The lowest BCUT2D eigenvalue weighted by molar-refractivity contribution is -0.139. The van der Waals surface area contributed by atoms with Crippen LogP contribution in [-0.2, 0) is 14.3 Å². The standard InChI is InChI=1S/C15H16O3S/c1-15(2,14(16)17)19(3,18)13-9-8-11-6-4-5-7-12(11)10-13/h4-10H,3H2,1-2H3,(H,16,17). The van der Waals surface area contributed by atoms with E-state index in [0.29, 0.717) is 4.90 Å². The van der Waals surface area contributed by atoms with Crippen molar-refractivity contribution in [2.24, 2.45) is 0 Å². The number of carboxylic acid groups (broad SMARTS) is 1. The Labute approximate surface area is 112 Å². The van der Waals surface area contributed by atoms with Crippen molar-refractivity contribution >= 4 is 32.1 Å². The van der Waals surface area contributed by atoms with Gasteiger partial charge in [-0.2, -0.15) is 0 Å². The van der Waals surface area contributed by atoms with Crippen molar-refractivity contribution in [1.29, 1.82) is 0 Å². The van der Waals surface area contributed by atoms with Crippen molar-refractivity contribution in [1.82, 2.24) is 0 Å². The van der Waals surface area contributed by atoms with Gasteiger partial charge in [-0.15, -0.1) is 0 Å². The van der Waals surface area contributed by atoms with Crippen LogP contribution in [0.3, 0.4) is 0 Å². The molecule has 4 heteroatoms. The first-order chi connectivity index (χ1) is 8.76. The molecule has 100 valence electrons. The van der Waals surface area contributed by atoms with E-state index in [1.807, 2.05) is 30.3 Å². The van der Waals surface area contributed by atoms with Gasteiger partial charge < -0.3 is 5.11 Å². The molecular formula is C15H16O3S. The van der Waals surface area contributed by atoms with Crippen molar-refractivity contribution in [3.05, 3.63) is 42.5 Å². The van der Waals surface area contributed by atoms with E-state index in [2.05, 4.69) is 5.87 Å². The maximum Gasteiger partial charge on any atom is 0.321 e. The van der Waals surface area contributed by atoms with E-state index in [1.165, 1.54) is 13.8 Å². The van der Waals surface area contributed by atoms with Gasteiger partial charge >= 0.3 is 5.97 Å². The largest absolute Gasteiger partial charge is 0.480 e. The maximum absolute atomic E-state index is 12.8.